The Morgan fingerprint density at radius 2 is 2.42 bits per heavy atom. The monoisotopic (exact) mass is 182 g/mol. The molecule has 0 saturated carbocycles. The molecule has 0 saturated heterocycles. The molecule has 0 amide bonds. The highest BCUT2D eigenvalue weighted by Gasteiger charge is 2.17. The van der Waals surface area contributed by atoms with E-state index in [1.807, 2.05) is 10.2 Å². The van der Waals surface area contributed by atoms with Crippen molar-refractivity contribution in [3.05, 3.63) is 27.9 Å². The van der Waals surface area contributed by atoms with Crippen LogP contribution in [0.1, 0.15) is 17.7 Å². The van der Waals surface area contributed by atoms with Crippen LogP contribution in [-0.2, 0) is 12.8 Å². The lowest BCUT2D eigenvalue weighted by Crippen LogP contribution is -2.15. The van der Waals surface area contributed by atoms with Gasteiger partial charge in [0.2, 0.25) is 0 Å². The van der Waals surface area contributed by atoms with E-state index in [1.165, 1.54) is 5.69 Å². The average Bonchev–Trinajstić information content (AvgIpc) is 2.54. The number of hydrogen-bond acceptors (Lipinski definition) is 3. The van der Waals surface area contributed by atoms with E-state index in [-0.39, 0.29) is 5.56 Å². The van der Waals surface area contributed by atoms with E-state index < -0.39 is 0 Å². The summed E-state index contributed by atoms with van der Waals surface area (Å²) in [6, 6.07) is 0. The second-order valence-electron chi connectivity index (χ2n) is 2.84. The molecule has 0 aliphatic heterocycles. The van der Waals surface area contributed by atoms with Gasteiger partial charge in [-0.25, -0.2) is 0 Å². The van der Waals surface area contributed by atoms with Crippen LogP contribution in [0.25, 0.3) is 0 Å². The molecule has 1 aromatic rings. The first-order valence-corrected chi connectivity index (χ1v) is 5.15. The minimum Gasteiger partial charge on any atom is -0.278 e. The lowest BCUT2D eigenvalue weighted by molar-refractivity contribution is 0.891. The largest absolute Gasteiger partial charge is 0.278 e. The Morgan fingerprint density at radius 3 is 3.17 bits per heavy atom. The second-order valence-corrected chi connectivity index (χ2v) is 3.60. The van der Waals surface area contributed by atoms with Crippen LogP contribution in [0.15, 0.2) is 11.1 Å². The van der Waals surface area contributed by atoms with Crippen molar-refractivity contribution in [1.82, 2.24) is 8.96 Å². The average molecular weight is 182 g/mol. The minimum absolute atomic E-state index is 0.0344. The number of fused-ring (bicyclic) bond motifs is 1. The number of nitrogens with zero attached hydrogens (tertiary/aromatic N) is 2. The topological polar surface area (TPSA) is 34.9 Å². The highest BCUT2D eigenvalue weighted by atomic mass is 32.2. The number of aromatic nitrogens is 2. The molecule has 0 atom stereocenters. The van der Waals surface area contributed by atoms with Crippen LogP contribution in [0.4, 0.5) is 0 Å². The Balaban J connectivity index is 2.64. The maximum absolute atomic E-state index is 11.2. The first-order valence-electron chi connectivity index (χ1n) is 3.97. The summed E-state index contributed by atoms with van der Waals surface area (Å²) in [6.07, 6.45) is 6.63. The van der Waals surface area contributed by atoms with Gasteiger partial charge in [-0.05, 0) is 31.2 Å². The molecule has 1 aliphatic rings. The van der Waals surface area contributed by atoms with Gasteiger partial charge >= 0.3 is 0 Å². The Bertz CT molecular complexity index is 359. The molecule has 0 unspecified atom stereocenters. The number of hydrogen-bond donors (Lipinski definition) is 0. The van der Waals surface area contributed by atoms with Crippen LogP contribution in [0.3, 0.4) is 0 Å². The predicted molar refractivity (Wildman–Crippen MR) is 49.4 cm³/mol. The van der Waals surface area contributed by atoms with Gasteiger partial charge in [0.1, 0.15) is 6.33 Å². The maximum atomic E-state index is 11.2. The fourth-order valence-electron chi connectivity index (χ4n) is 1.61. The molecule has 1 aliphatic carbocycles. The molecule has 0 spiro atoms. The molecular weight excluding hydrogens is 172 g/mol. The molecule has 3 nitrogen and oxygen atoms in total. The molecule has 64 valence electrons. The van der Waals surface area contributed by atoms with E-state index in [4.69, 9.17) is 0 Å². The van der Waals surface area contributed by atoms with Crippen LogP contribution in [0.2, 0.25) is 0 Å². The SMILES string of the molecule is CSn1cnc(=O)c2c1CCC2. The van der Waals surface area contributed by atoms with Crippen molar-refractivity contribution in [1.29, 1.82) is 0 Å². The third-order valence-electron chi connectivity index (χ3n) is 2.19. The number of rotatable bonds is 1. The zero-order valence-corrected chi connectivity index (χ0v) is 7.73. The summed E-state index contributed by atoms with van der Waals surface area (Å²) in [6.45, 7) is 0. The molecule has 12 heavy (non-hydrogen) atoms. The lowest BCUT2D eigenvalue weighted by Gasteiger charge is -2.06. The van der Waals surface area contributed by atoms with Crippen LogP contribution < -0.4 is 5.56 Å². The fraction of sp³-hybridized carbons (Fsp3) is 0.500. The summed E-state index contributed by atoms with van der Waals surface area (Å²) < 4.78 is 1.99. The van der Waals surface area contributed by atoms with Gasteiger partial charge in [0, 0.05) is 17.5 Å². The van der Waals surface area contributed by atoms with Crippen LogP contribution in [0, 0.1) is 0 Å². The third kappa shape index (κ3) is 1.06. The van der Waals surface area contributed by atoms with Crippen molar-refractivity contribution in [2.24, 2.45) is 0 Å². The lowest BCUT2D eigenvalue weighted by atomic mass is 10.3. The molecule has 2 rings (SSSR count). The molecule has 1 heterocycles. The van der Waals surface area contributed by atoms with Crippen LogP contribution in [0.5, 0.6) is 0 Å². The van der Waals surface area contributed by atoms with Gasteiger partial charge in [-0.2, -0.15) is 4.98 Å². The Morgan fingerprint density at radius 1 is 1.58 bits per heavy atom. The van der Waals surface area contributed by atoms with E-state index in [2.05, 4.69) is 4.98 Å². The molecule has 0 radical (unpaired) electrons. The Kier molecular flexibility index (Phi) is 1.92. The highest BCUT2D eigenvalue weighted by Crippen LogP contribution is 2.19. The first kappa shape index (κ1) is 7.86. The van der Waals surface area contributed by atoms with Crippen molar-refractivity contribution in [3.8, 4) is 0 Å². The summed E-state index contributed by atoms with van der Waals surface area (Å²) in [5.74, 6) is 0. The van der Waals surface area contributed by atoms with Gasteiger partial charge in [0.25, 0.3) is 5.56 Å². The molecular formula is C8H10N2OS. The quantitative estimate of drug-likeness (QED) is 0.646. The molecule has 0 fully saturated rings. The van der Waals surface area contributed by atoms with Gasteiger partial charge in [-0.15, -0.1) is 0 Å². The standard InChI is InChI=1S/C8H10N2OS/c1-12-10-5-9-8(11)6-3-2-4-7(6)10/h5H,2-4H2,1H3. The van der Waals surface area contributed by atoms with Crippen molar-refractivity contribution in [2.75, 3.05) is 6.26 Å². The summed E-state index contributed by atoms with van der Waals surface area (Å²) in [7, 11) is 0. The fourth-order valence-corrected chi connectivity index (χ4v) is 2.17. The van der Waals surface area contributed by atoms with Gasteiger partial charge in [-0.1, -0.05) is 0 Å². The zero-order valence-electron chi connectivity index (χ0n) is 6.91. The predicted octanol–water partition coefficient (Wildman–Crippen LogP) is 0.858. The summed E-state index contributed by atoms with van der Waals surface area (Å²) >= 11 is 1.60. The molecule has 0 N–H and O–H groups in total. The molecule has 1 aromatic heterocycles. The summed E-state index contributed by atoms with van der Waals surface area (Å²) in [4.78, 5) is 15.1. The Hall–Kier alpha value is -0.770. The van der Waals surface area contributed by atoms with Gasteiger partial charge in [0.05, 0.1) is 0 Å². The normalized spacial score (nSPS) is 14.8. The van der Waals surface area contributed by atoms with E-state index in [0.29, 0.717) is 0 Å². The van der Waals surface area contributed by atoms with E-state index in [9.17, 15) is 4.79 Å². The molecule has 4 heteroatoms. The van der Waals surface area contributed by atoms with Crippen LogP contribution in [-0.4, -0.2) is 15.2 Å². The van der Waals surface area contributed by atoms with E-state index >= 15 is 0 Å². The van der Waals surface area contributed by atoms with Crippen molar-refractivity contribution >= 4 is 11.9 Å². The van der Waals surface area contributed by atoms with E-state index in [1.54, 1.807) is 18.3 Å². The smallest absolute Gasteiger partial charge is 0.276 e. The second kappa shape index (κ2) is 2.94. The summed E-state index contributed by atoms with van der Waals surface area (Å²) in [5, 5.41) is 0. The molecule has 0 aromatic carbocycles. The maximum Gasteiger partial charge on any atom is 0.276 e. The van der Waals surface area contributed by atoms with Crippen molar-refractivity contribution < 1.29 is 0 Å². The van der Waals surface area contributed by atoms with Crippen molar-refractivity contribution in [2.45, 2.75) is 19.3 Å². The Labute approximate surface area is 75.0 Å². The van der Waals surface area contributed by atoms with Crippen LogP contribution >= 0.6 is 11.9 Å². The van der Waals surface area contributed by atoms with Gasteiger partial charge in [-0.3, -0.25) is 8.77 Å². The first-order chi connectivity index (χ1) is 5.83. The summed E-state index contributed by atoms with van der Waals surface area (Å²) in [5.41, 5.74) is 2.06. The van der Waals surface area contributed by atoms with E-state index in [0.717, 1.165) is 24.8 Å². The third-order valence-corrected chi connectivity index (χ3v) is 2.90. The molecule has 0 bridgehead atoms. The van der Waals surface area contributed by atoms with Crippen molar-refractivity contribution in [3.63, 3.8) is 0 Å². The highest BCUT2D eigenvalue weighted by molar-refractivity contribution is 7.97. The van der Waals surface area contributed by atoms with Gasteiger partial charge in [0.15, 0.2) is 0 Å². The minimum atomic E-state index is -0.0344. The zero-order chi connectivity index (χ0) is 8.55. The van der Waals surface area contributed by atoms with Gasteiger partial charge < -0.3 is 0 Å².